The first-order valence-corrected chi connectivity index (χ1v) is 9.07. The quantitative estimate of drug-likeness (QED) is 0.658. The zero-order chi connectivity index (χ0) is 12.6. The summed E-state index contributed by atoms with van der Waals surface area (Å²) in [6.07, 6.45) is 8.88. The van der Waals surface area contributed by atoms with Gasteiger partial charge in [0.25, 0.3) is 0 Å². The van der Waals surface area contributed by atoms with E-state index in [4.69, 9.17) is 16.3 Å². The minimum atomic E-state index is 0.238. The number of halogens is 1. The summed E-state index contributed by atoms with van der Waals surface area (Å²) in [6, 6.07) is 0. The van der Waals surface area contributed by atoms with E-state index in [9.17, 15) is 0 Å². The zero-order valence-corrected chi connectivity index (χ0v) is 13.0. The number of rotatable bonds is 1. The normalized spacial score (nSPS) is 44.3. The number of hydrogen-bond donors (Lipinski definition) is 0. The Balaban J connectivity index is 1.70. The van der Waals surface area contributed by atoms with Gasteiger partial charge in [0, 0.05) is 12.0 Å². The van der Waals surface area contributed by atoms with Crippen LogP contribution in [0.2, 0.25) is 0 Å². The average molecular weight is 289 g/mol. The topological polar surface area (TPSA) is 9.23 Å². The Labute approximate surface area is 120 Å². The summed E-state index contributed by atoms with van der Waals surface area (Å²) in [4.78, 5) is 0. The predicted octanol–water partition coefficient (Wildman–Crippen LogP) is 4.48. The second-order valence-corrected chi connectivity index (χ2v) is 8.67. The lowest BCUT2D eigenvalue weighted by Gasteiger charge is -2.48. The van der Waals surface area contributed by atoms with Crippen LogP contribution in [0.25, 0.3) is 0 Å². The van der Waals surface area contributed by atoms with Gasteiger partial charge in [-0.15, -0.1) is 11.6 Å². The molecule has 0 amide bonds. The van der Waals surface area contributed by atoms with Gasteiger partial charge in [-0.05, 0) is 67.8 Å². The fourth-order valence-corrected chi connectivity index (χ4v) is 5.98. The van der Waals surface area contributed by atoms with Crippen molar-refractivity contribution in [1.29, 1.82) is 0 Å². The molecule has 1 nitrogen and oxygen atoms in total. The molecule has 2 aliphatic heterocycles. The standard InChI is InChI=1S/C15H25ClOS/c1-14(4-2-13(16)11-14)12-3-7-17-15(10-12)5-8-18-9-6-15/h12-13H,2-11H2,1H3. The first kappa shape index (κ1) is 13.6. The molecule has 1 aliphatic carbocycles. The Bertz CT molecular complexity index is 297. The summed E-state index contributed by atoms with van der Waals surface area (Å²) in [5.41, 5.74) is 0.732. The van der Waals surface area contributed by atoms with E-state index >= 15 is 0 Å². The van der Waals surface area contributed by atoms with Gasteiger partial charge >= 0.3 is 0 Å². The maximum absolute atomic E-state index is 6.36. The van der Waals surface area contributed by atoms with E-state index in [1.807, 2.05) is 0 Å². The molecular weight excluding hydrogens is 264 g/mol. The van der Waals surface area contributed by atoms with E-state index < -0.39 is 0 Å². The molecule has 0 aromatic heterocycles. The number of alkyl halides is 1. The highest BCUT2D eigenvalue weighted by atomic mass is 35.5. The molecule has 0 aromatic carbocycles. The second kappa shape index (κ2) is 5.18. The summed E-state index contributed by atoms with van der Waals surface area (Å²) in [5, 5.41) is 0.427. The smallest absolute Gasteiger partial charge is 0.0701 e. The molecule has 3 fully saturated rings. The third kappa shape index (κ3) is 2.58. The number of thioether (sulfide) groups is 1. The van der Waals surface area contributed by atoms with Gasteiger partial charge in [0.05, 0.1) is 5.60 Å². The van der Waals surface area contributed by atoms with Crippen LogP contribution in [0.4, 0.5) is 0 Å². The predicted molar refractivity (Wildman–Crippen MR) is 79.6 cm³/mol. The summed E-state index contributed by atoms with van der Waals surface area (Å²) in [7, 11) is 0. The molecule has 3 unspecified atom stereocenters. The Morgan fingerprint density at radius 3 is 2.56 bits per heavy atom. The molecule has 3 rings (SSSR count). The number of ether oxygens (including phenoxy) is 1. The Kier molecular flexibility index (Phi) is 3.91. The largest absolute Gasteiger partial charge is 0.375 e. The third-order valence-electron chi connectivity index (χ3n) is 5.60. The first-order chi connectivity index (χ1) is 8.62. The van der Waals surface area contributed by atoms with E-state index in [1.54, 1.807) is 0 Å². The van der Waals surface area contributed by atoms with Crippen LogP contribution in [-0.2, 0) is 4.74 Å². The molecule has 3 aliphatic rings. The van der Waals surface area contributed by atoms with Crippen molar-refractivity contribution >= 4 is 23.4 Å². The van der Waals surface area contributed by atoms with Crippen LogP contribution in [0, 0.1) is 11.3 Å². The highest BCUT2D eigenvalue weighted by Gasteiger charge is 2.47. The second-order valence-electron chi connectivity index (χ2n) is 6.83. The summed E-state index contributed by atoms with van der Waals surface area (Å²) < 4.78 is 6.22. The van der Waals surface area contributed by atoms with E-state index in [2.05, 4.69) is 18.7 Å². The molecule has 1 saturated carbocycles. The monoisotopic (exact) mass is 288 g/mol. The highest BCUT2D eigenvalue weighted by Crippen LogP contribution is 2.53. The molecule has 104 valence electrons. The van der Waals surface area contributed by atoms with Crippen LogP contribution in [0.5, 0.6) is 0 Å². The van der Waals surface area contributed by atoms with Crippen molar-refractivity contribution in [2.24, 2.45) is 11.3 Å². The molecule has 0 N–H and O–H groups in total. The minimum Gasteiger partial charge on any atom is -0.375 e. The van der Waals surface area contributed by atoms with Crippen molar-refractivity contribution in [1.82, 2.24) is 0 Å². The lowest BCUT2D eigenvalue weighted by molar-refractivity contribution is -0.121. The molecule has 0 radical (unpaired) electrons. The van der Waals surface area contributed by atoms with E-state index in [-0.39, 0.29) is 5.60 Å². The van der Waals surface area contributed by atoms with Crippen LogP contribution in [0.15, 0.2) is 0 Å². The summed E-state index contributed by atoms with van der Waals surface area (Å²) >= 11 is 8.45. The average Bonchev–Trinajstić information content (AvgIpc) is 2.72. The molecule has 0 bridgehead atoms. The lowest BCUT2D eigenvalue weighted by atomic mass is 9.67. The van der Waals surface area contributed by atoms with Crippen molar-refractivity contribution in [3.63, 3.8) is 0 Å². The van der Waals surface area contributed by atoms with E-state index in [1.165, 1.54) is 56.5 Å². The molecule has 1 spiro atoms. The van der Waals surface area contributed by atoms with Gasteiger partial charge in [-0.3, -0.25) is 0 Å². The van der Waals surface area contributed by atoms with Gasteiger partial charge in [-0.2, -0.15) is 11.8 Å². The molecule has 0 aromatic rings. The van der Waals surface area contributed by atoms with Crippen LogP contribution >= 0.6 is 23.4 Å². The van der Waals surface area contributed by atoms with Crippen LogP contribution in [-0.4, -0.2) is 29.1 Å². The fraction of sp³-hybridized carbons (Fsp3) is 1.00. The maximum Gasteiger partial charge on any atom is 0.0701 e. The molecule has 3 heteroatoms. The number of hydrogen-bond acceptors (Lipinski definition) is 2. The SMILES string of the molecule is CC1(C2CCOC3(CCSCC3)C2)CCC(Cl)C1. The molecular formula is C15H25ClOS. The van der Waals surface area contributed by atoms with Crippen molar-refractivity contribution < 1.29 is 4.74 Å². The third-order valence-corrected chi connectivity index (χ3v) is 6.96. The van der Waals surface area contributed by atoms with Gasteiger partial charge in [0.15, 0.2) is 0 Å². The van der Waals surface area contributed by atoms with E-state index in [0.29, 0.717) is 10.8 Å². The van der Waals surface area contributed by atoms with Crippen LogP contribution < -0.4 is 0 Å². The minimum absolute atomic E-state index is 0.238. The molecule has 2 heterocycles. The molecule has 2 saturated heterocycles. The Hall–Kier alpha value is 0.600. The zero-order valence-electron chi connectivity index (χ0n) is 11.4. The van der Waals surface area contributed by atoms with Crippen LogP contribution in [0.1, 0.15) is 51.9 Å². The van der Waals surface area contributed by atoms with Crippen molar-refractivity contribution in [2.45, 2.75) is 62.8 Å². The first-order valence-electron chi connectivity index (χ1n) is 7.48. The summed E-state index contributed by atoms with van der Waals surface area (Å²) in [5.74, 6) is 3.43. The highest BCUT2D eigenvalue weighted by molar-refractivity contribution is 7.99. The van der Waals surface area contributed by atoms with Gasteiger partial charge in [0.2, 0.25) is 0 Å². The van der Waals surface area contributed by atoms with Gasteiger partial charge in [-0.1, -0.05) is 6.92 Å². The van der Waals surface area contributed by atoms with Crippen molar-refractivity contribution in [3.8, 4) is 0 Å². The summed E-state index contributed by atoms with van der Waals surface area (Å²) in [6.45, 7) is 3.47. The van der Waals surface area contributed by atoms with Gasteiger partial charge in [0.1, 0.15) is 0 Å². The maximum atomic E-state index is 6.36. The van der Waals surface area contributed by atoms with Crippen molar-refractivity contribution in [2.75, 3.05) is 18.1 Å². The van der Waals surface area contributed by atoms with Gasteiger partial charge in [-0.25, -0.2) is 0 Å². The molecule has 3 atom stereocenters. The fourth-order valence-electron chi connectivity index (χ4n) is 4.28. The molecule has 18 heavy (non-hydrogen) atoms. The lowest BCUT2D eigenvalue weighted by Crippen LogP contribution is -2.46. The Morgan fingerprint density at radius 2 is 1.89 bits per heavy atom. The van der Waals surface area contributed by atoms with Gasteiger partial charge < -0.3 is 4.74 Å². The van der Waals surface area contributed by atoms with Crippen molar-refractivity contribution in [3.05, 3.63) is 0 Å². The Morgan fingerprint density at radius 1 is 1.11 bits per heavy atom. The van der Waals surface area contributed by atoms with E-state index in [0.717, 1.165) is 12.5 Å². The van der Waals surface area contributed by atoms with Crippen LogP contribution in [0.3, 0.4) is 0 Å².